The molecule has 0 spiro atoms. The van der Waals surface area contributed by atoms with Gasteiger partial charge in [0.1, 0.15) is 5.75 Å². The number of amides is 1. The first-order chi connectivity index (χ1) is 13.2. The van der Waals surface area contributed by atoms with Crippen LogP contribution in [-0.2, 0) is 11.2 Å². The molecule has 0 aliphatic carbocycles. The molecule has 1 aromatic carbocycles. The molecule has 2 heterocycles. The Balaban J connectivity index is 1.63. The first kappa shape index (κ1) is 19.7. The number of hydrogen-bond donors (Lipinski definition) is 2. The standard InChI is InChI=1S/C16H14F3N5O3S/c1-2-10-7-12(25)21-14-22-23-15(24(10)14)28-8-13(26)20-9-3-5-11(6-4-9)27-16(17,18)19/h3-7H,2,8H2,1H3,(H,20,26)(H,21,22,25). The van der Waals surface area contributed by atoms with Crippen molar-refractivity contribution in [2.45, 2.75) is 24.9 Å². The van der Waals surface area contributed by atoms with Crippen LogP contribution in [-0.4, -0.2) is 37.6 Å². The van der Waals surface area contributed by atoms with Crippen LogP contribution in [0.4, 0.5) is 18.9 Å². The summed E-state index contributed by atoms with van der Waals surface area (Å²) in [4.78, 5) is 26.2. The van der Waals surface area contributed by atoms with E-state index in [9.17, 15) is 22.8 Å². The Morgan fingerprint density at radius 1 is 1.29 bits per heavy atom. The quantitative estimate of drug-likeness (QED) is 0.603. The number of aromatic nitrogens is 4. The van der Waals surface area contributed by atoms with Gasteiger partial charge in [-0.15, -0.1) is 23.4 Å². The van der Waals surface area contributed by atoms with E-state index in [1.54, 1.807) is 4.40 Å². The lowest BCUT2D eigenvalue weighted by atomic mass is 10.3. The number of ether oxygens (including phenoxy) is 1. The minimum absolute atomic E-state index is 0.0100. The second kappa shape index (κ2) is 7.92. The maximum atomic E-state index is 12.1. The number of nitrogens with zero attached hydrogens (tertiary/aromatic N) is 3. The van der Waals surface area contributed by atoms with Crippen LogP contribution in [0, 0.1) is 0 Å². The van der Waals surface area contributed by atoms with E-state index < -0.39 is 6.36 Å². The molecular formula is C16H14F3N5O3S. The average Bonchev–Trinajstić information content (AvgIpc) is 3.02. The summed E-state index contributed by atoms with van der Waals surface area (Å²) in [6.07, 6.45) is -4.20. The van der Waals surface area contributed by atoms with Crippen LogP contribution in [0.5, 0.6) is 5.75 Å². The minimum Gasteiger partial charge on any atom is -0.406 e. The molecule has 0 bridgehead atoms. The number of anilines is 1. The highest BCUT2D eigenvalue weighted by molar-refractivity contribution is 7.99. The van der Waals surface area contributed by atoms with Crippen LogP contribution < -0.4 is 15.6 Å². The Morgan fingerprint density at radius 3 is 2.64 bits per heavy atom. The van der Waals surface area contributed by atoms with Gasteiger partial charge >= 0.3 is 6.36 Å². The molecule has 0 radical (unpaired) electrons. The number of benzene rings is 1. The zero-order valence-electron chi connectivity index (χ0n) is 14.4. The maximum absolute atomic E-state index is 12.1. The summed E-state index contributed by atoms with van der Waals surface area (Å²) in [5.41, 5.74) is 0.737. The minimum atomic E-state index is -4.77. The van der Waals surface area contributed by atoms with Crippen molar-refractivity contribution in [3.8, 4) is 5.75 Å². The average molecular weight is 413 g/mol. The molecule has 3 aromatic rings. The summed E-state index contributed by atoms with van der Waals surface area (Å²) in [6, 6.07) is 6.25. The molecule has 3 rings (SSSR count). The fraction of sp³-hybridized carbons (Fsp3) is 0.250. The van der Waals surface area contributed by atoms with Gasteiger partial charge in [0.25, 0.3) is 5.56 Å². The molecular weight excluding hydrogens is 399 g/mol. The Kier molecular flexibility index (Phi) is 5.58. The van der Waals surface area contributed by atoms with Crippen LogP contribution in [0.15, 0.2) is 40.3 Å². The van der Waals surface area contributed by atoms with Gasteiger partial charge in [-0.05, 0) is 30.7 Å². The molecule has 0 fully saturated rings. The van der Waals surface area contributed by atoms with Crippen molar-refractivity contribution in [1.29, 1.82) is 0 Å². The molecule has 28 heavy (non-hydrogen) atoms. The molecule has 0 aliphatic rings. The van der Waals surface area contributed by atoms with Gasteiger partial charge in [0.05, 0.1) is 5.75 Å². The molecule has 0 saturated heterocycles. The smallest absolute Gasteiger partial charge is 0.406 e. The largest absolute Gasteiger partial charge is 0.573 e. The number of thioether (sulfide) groups is 1. The van der Waals surface area contributed by atoms with Gasteiger partial charge < -0.3 is 10.1 Å². The van der Waals surface area contributed by atoms with Gasteiger partial charge in [0, 0.05) is 17.4 Å². The summed E-state index contributed by atoms with van der Waals surface area (Å²) < 4.78 is 41.9. The van der Waals surface area contributed by atoms with Crippen molar-refractivity contribution >= 4 is 29.1 Å². The second-order valence-corrected chi connectivity index (χ2v) is 6.47. The number of fused-ring (bicyclic) bond motifs is 1. The van der Waals surface area contributed by atoms with Crippen molar-refractivity contribution in [2.75, 3.05) is 11.1 Å². The van der Waals surface area contributed by atoms with Crippen LogP contribution in [0.25, 0.3) is 5.78 Å². The summed E-state index contributed by atoms with van der Waals surface area (Å²) in [5.74, 6) is -0.485. The maximum Gasteiger partial charge on any atom is 0.573 e. The predicted molar refractivity (Wildman–Crippen MR) is 95.5 cm³/mol. The molecule has 148 valence electrons. The Morgan fingerprint density at radius 2 is 2.00 bits per heavy atom. The highest BCUT2D eigenvalue weighted by atomic mass is 32.2. The van der Waals surface area contributed by atoms with Crippen molar-refractivity contribution < 1.29 is 22.7 Å². The number of aryl methyl sites for hydroxylation is 1. The van der Waals surface area contributed by atoms with Gasteiger partial charge in [-0.2, -0.15) is 0 Å². The topological polar surface area (TPSA) is 101 Å². The van der Waals surface area contributed by atoms with Crippen LogP contribution >= 0.6 is 11.8 Å². The summed E-state index contributed by atoms with van der Waals surface area (Å²) in [5, 5.41) is 10.9. The highest BCUT2D eigenvalue weighted by Crippen LogP contribution is 2.24. The SMILES string of the molecule is CCc1cc(=O)[nH]c2nnc(SCC(=O)Nc3ccc(OC(F)(F)F)cc3)n12. The molecule has 8 nitrogen and oxygen atoms in total. The van der Waals surface area contributed by atoms with Gasteiger partial charge in [-0.3, -0.25) is 19.0 Å². The van der Waals surface area contributed by atoms with Gasteiger partial charge in [0.15, 0.2) is 5.16 Å². The monoisotopic (exact) mass is 413 g/mol. The number of rotatable bonds is 6. The third-order valence-corrected chi connectivity index (χ3v) is 4.45. The first-order valence-electron chi connectivity index (χ1n) is 8.01. The molecule has 2 aromatic heterocycles. The van der Waals surface area contributed by atoms with E-state index in [4.69, 9.17) is 0 Å². The molecule has 2 N–H and O–H groups in total. The van der Waals surface area contributed by atoms with E-state index in [2.05, 4.69) is 25.2 Å². The van der Waals surface area contributed by atoms with E-state index in [-0.39, 0.29) is 28.7 Å². The number of halogens is 3. The molecule has 12 heteroatoms. The predicted octanol–water partition coefficient (Wildman–Crippen LogP) is 2.61. The lowest BCUT2D eigenvalue weighted by Crippen LogP contribution is -2.17. The third-order valence-electron chi connectivity index (χ3n) is 3.52. The van der Waals surface area contributed by atoms with Gasteiger partial charge in [0.2, 0.25) is 11.7 Å². The molecule has 0 saturated carbocycles. The van der Waals surface area contributed by atoms with Crippen LogP contribution in [0.3, 0.4) is 0 Å². The fourth-order valence-corrected chi connectivity index (χ4v) is 3.16. The number of aromatic amines is 1. The number of alkyl halides is 3. The van der Waals surface area contributed by atoms with Gasteiger partial charge in [-0.1, -0.05) is 18.7 Å². The summed E-state index contributed by atoms with van der Waals surface area (Å²) in [6.45, 7) is 1.88. The van der Waals surface area contributed by atoms with E-state index in [1.165, 1.54) is 18.2 Å². The summed E-state index contributed by atoms with van der Waals surface area (Å²) >= 11 is 1.11. The number of nitrogens with one attached hydrogen (secondary N) is 2. The fourth-order valence-electron chi connectivity index (χ4n) is 2.39. The van der Waals surface area contributed by atoms with E-state index in [0.29, 0.717) is 23.0 Å². The normalized spacial score (nSPS) is 11.6. The number of H-pyrrole nitrogens is 1. The van der Waals surface area contributed by atoms with Crippen molar-refractivity contribution in [1.82, 2.24) is 19.6 Å². The Hall–Kier alpha value is -3.02. The number of carbonyl (C=O) groups excluding carboxylic acids is 1. The zero-order chi connectivity index (χ0) is 20.3. The van der Waals surface area contributed by atoms with Crippen LogP contribution in [0.2, 0.25) is 0 Å². The van der Waals surface area contributed by atoms with Crippen molar-refractivity contribution in [3.63, 3.8) is 0 Å². The van der Waals surface area contributed by atoms with E-state index >= 15 is 0 Å². The second-order valence-electron chi connectivity index (χ2n) is 5.53. The molecule has 1 amide bonds. The lowest BCUT2D eigenvalue weighted by molar-refractivity contribution is -0.274. The molecule has 0 atom stereocenters. The molecule has 0 unspecified atom stereocenters. The zero-order valence-corrected chi connectivity index (χ0v) is 15.2. The highest BCUT2D eigenvalue weighted by Gasteiger charge is 2.30. The number of carbonyl (C=O) groups is 1. The van der Waals surface area contributed by atoms with Crippen molar-refractivity contribution in [3.05, 3.63) is 46.4 Å². The Bertz CT molecular complexity index is 1050. The Labute approximate surface area is 160 Å². The van der Waals surface area contributed by atoms with Crippen molar-refractivity contribution in [2.24, 2.45) is 0 Å². The van der Waals surface area contributed by atoms with Crippen LogP contribution in [0.1, 0.15) is 12.6 Å². The number of hydrogen-bond acceptors (Lipinski definition) is 6. The van der Waals surface area contributed by atoms with Gasteiger partial charge in [-0.25, -0.2) is 0 Å². The van der Waals surface area contributed by atoms with E-state index in [0.717, 1.165) is 23.9 Å². The first-order valence-corrected chi connectivity index (χ1v) is 8.99. The summed E-state index contributed by atoms with van der Waals surface area (Å²) in [7, 11) is 0. The van der Waals surface area contributed by atoms with E-state index in [1.807, 2.05) is 6.92 Å². The lowest BCUT2D eigenvalue weighted by Gasteiger charge is -2.10. The molecule has 0 aliphatic heterocycles. The third kappa shape index (κ3) is 4.82.